The van der Waals surface area contributed by atoms with Crippen molar-refractivity contribution in [3.05, 3.63) is 51.2 Å². The topological polar surface area (TPSA) is 49.0 Å². The molecule has 3 rings (SSSR count). The van der Waals surface area contributed by atoms with Gasteiger partial charge in [-0.15, -0.1) is 0 Å². The Morgan fingerprint density at radius 1 is 1.50 bits per heavy atom. The maximum atomic E-state index is 12.1. The van der Waals surface area contributed by atoms with Gasteiger partial charge in [0.05, 0.1) is 11.3 Å². The zero-order chi connectivity index (χ0) is 15.7. The van der Waals surface area contributed by atoms with E-state index in [1.807, 2.05) is 6.92 Å². The molecular formula is C18H25N3O. The van der Waals surface area contributed by atoms with Crippen molar-refractivity contribution in [1.29, 1.82) is 0 Å². The summed E-state index contributed by atoms with van der Waals surface area (Å²) < 4.78 is 0. The van der Waals surface area contributed by atoms with Gasteiger partial charge >= 0.3 is 0 Å². The van der Waals surface area contributed by atoms with E-state index in [0.29, 0.717) is 5.92 Å². The minimum Gasteiger partial charge on any atom is -0.310 e. The smallest absolute Gasteiger partial charge is 0.255 e. The summed E-state index contributed by atoms with van der Waals surface area (Å²) in [6.45, 7) is 10.7. The van der Waals surface area contributed by atoms with Gasteiger partial charge in [0.1, 0.15) is 5.82 Å². The summed E-state index contributed by atoms with van der Waals surface area (Å²) in [5, 5.41) is 0. The number of rotatable bonds is 3. The molecule has 0 saturated heterocycles. The molecule has 1 aromatic rings. The quantitative estimate of drug-likeness (QED) is 0.873. The molecule has 0 radical (unpaired) electrons. The van der Waals surface area contributed by atoms with E-state index in [0.717, 1.165) is 56.0 Å². The van der Waals surface area contributed by atoms with Gasteiger partial charge in [-0.1, -0.05) is 23.8 Å². The van der Waals surface area contributed by atoms with Crippen molar-refractivity contribution in [3.63, 3.8) is 0 Å². The van der Waals surface area contributed by atoms with E-state index in [2.05, 4.69) is 34.4 Å². The highest BCUT2D eigenvalue weighted by Crippen LogP contribution is 2.29. The average molecular weight is 299 g/mol. The molecule has 1 aliphatic carbocycles. The summed E-state index contributed by atoms with van der Waals surface area (Å²) in [5.74, 6) is 1.37. The van der Waals surface area contributed by atoms with Gasteiger partial charge in [0.15, 0.2) is 0 Å². The van der Waals surface area contributed by atoms with Crippen molar-refractivity contribution >= 4 is 0 Å². The standard InChI is InChI=1S/C18H25N3O/c1-12(2)15-6-4-14(5-7-15)10-21-9-8-17-16(11-21)18(22)20-13(3)19-17/h4,15H,1,5-11H2,2-3H3,(H,19,20,22). The van der Waals surface area contributed by atoms with Crippen LogP contribution in [-0.4, -0.2) is 28.0 Å². The molecule has 1 N–H and O–H groups in total. The molecule has 0 aromatic carbocycles. The molecule has 0 bridgehead atoms. The number of nitrogens with one attached hydrogen (secondary N) is 1. The summed E-state index contributed by atoms with van der Waals surface area (Å²) in [4.78, 5) is 21.8. The molecule has 0 amide bonds. The predicted octanol–water partition coefficient (Wildman–Crippen LogP) is 2.74. The average Bonchev–Trinajstić information content (AvgIpc) is 2.48. The fourth-order valence-corrected chi connectivity index (χ4v) is 3.51. The molecule has 0 spiro atoms. The molecule has 2 aliphatic rings. The number of H-pyrrole nitrogens is 1. The Bertz CT molecular complexity index is 671. The van der Waals surface area contributed by atoms with Gasteiger partial charge in [0.25, 0.3) is 5.56 Å². The number of fused-ring (bicyclic) bond motifs is 1. The van der Waals surface area contributed by atoms with Gasteiger partial charge in [0.2, 0.25) is 0 Å². The van der Waals surface area contributed by atoms with Crippen LogP contribution in [0.5, 0.6) is 0 Å². The molecule has 1 aliphatic heterocycles. The molecule has 1 atom stereocenters. The van der Waals surface area contributed by atoms with Crippen LogP contribution in [0.1, 0.15) is 43.3 Å². The van der Waals surface area contributed by atoms with Crippen LogP contribution in [-0.2, 0) is 13.0 Å². The van der Waals surface area contributed by atoms with Crippen molar-refractivity contribution < 1.29 is 0 Å². The monoisotopic (exact) mass is 299 g/mol. The first-order valence-corrected chi connectivity index (χ1v) is 8.17. The van der Waals surface area contributed by atoms with E-state index >= 15 is 0 Å². The SMILES string of the molecule is C=C(C)C1CC=C(CN2CCc3nc(C)[nH]c(=O)c3C2)CC1. The highest BCUT2D eigenvalue weighted by atomic mass is 16.1. The third kappa shape index (κ3) is 3.22. The van der Waals surface area contributed by atoms with Gasteiger partial charge in [-0.3, -0.25) is 9.69 Å². The van der Waals surface area contributed by atoms with Crippen molar-refractivity contribution in [3.8, 4) is 0 Å². The van der Waals surface area contributed by atoms with Crippen molar-refractivity contribution in [2.75, 3.05) is 13.1 Å². The number of aryl methyl sites for hydroxylation is 1. The molecule has 2 heterocycles. The van der Waals surface area contributed by atoms with Crippen molar-refractivity contribution in [2.45, 2.75) is 46.1 Å². The Labute approximate surface area is 132 Å². The lowest BCUT2D eigenvalue weighted by Gasteiger charge is -2.30. The van der Waals surface area contributed by atoms with Crippen LogP contribution in [0.25, 0.3) is 0 Å². The lowest BCUT2D eigenvalue weighted by atomic mass is 9.85. The number of nitrogens with zero attached hydrogens (tertiary/aromatic N) is 2. The molecular weight excluding hydrogens is 274 g/mol. The summed E-state index contributed by atoms with van der Waals surface area (Å²) in [5.41, 5.74) is 4.69. The van der Waals surface area contributed by atoms with Gasteiger partial charge in [-0.2, -0.15) is 0 Å². The normalized spacial score (nSPS) is 22.1. The number of aromatic nitrogens is 2. The van der Waals surface area contributed by atoms with Gasteiger partial charge in [-0.05, 0) is 39.0 Å². The van der Waals surface area contributed by atoms with Crippen molar-refractivity contribution in [2.24, 2.45) is 5.92 Å². The van der Waals surface area contributed by atoms with E-state index in [9.17, 15) is 4.79 Å². The Morgan fingerprint density at radius 3 is 3.00 bits per heavy atom. The largest absolute Gasteiger partial charge is 0.310 e. The lowest BCUT2D eigenvalue weighted by Crippen LogP contribution is -2.37. The van der Waals surface area contributed by atoms with Crippen molar-refractivity contribution in [1.82, 2.24) is 14.9 Å². The number of aromatic amines is 1. The van der Waals surface area contributed by atoms with Crippen LogP contribution in [0.4, 0.5) is 0 Å². The van der Waals surface area contributed by atoms with Crippen LogP contribution in [0.15, 0.2) is 28.6 Å². The van der Waals surface area contributed by atoms with E-state index in [1.165, 1.54) is 17.6 Å². The van der Waals surface area contributed by atoms with Gasteiger partial charge in [-0.25, -0.2) is 4.98 Å². The van der Waals surface area contributed by atoms with E-state index in [4.69, 9.17) is 0 Å². The second-order valence-electron chi connectivity index (χ2n) is 6.72. The molecule has 0 fully saturated rings. The summed E-state index contributed by atoms with van der Waals surface area (Å²) >= 11 is 0. The van der Waals surface area contributed by atoms with Crippen LogP contribution >= 0.6 is 0 Å². The second-order valence-corrected chi connectivity index (χ2v) is 6.72. The molecule has 118 valence electrons. The number of allylic oxidation sites excluding steroid dienone is 2. The van der Waals surface area contributed by atoms with Crippen LogP contribution in [0.3, 0.4) is 0 Å². The zero-order valence-electron chi connectivity index (χ0n) is 13.6. The fraction of sp³-hybridized carbons (Fsp3) is 0.556. The number of hydrogen-bond acceptors (Lipinski definition) is 3. The van der Waals surface area contributed by atoms with Crippen LogP contribution < -0.4 is 5.56 Å². The summed E-state index contributed by atoms with van der Waals surface area (Å²) in [6, 6.07) is 0. The van der Waals surface area contributed by atoms with E-state index in [1.54, 1.807) is 0 Å². The number of hydrogen-bond donors (Lipinski definition) is 1. The van der Waals surface area contributed by atoms with Crippen LogP contribution in [0.2, 0.25) is 0 Å². The third-order valence-electron chi connectivity index (χ3n) is 4.89. The highest BCUT2D eigenvalue weighted by molar-refractivity contribution is 5.22. The Kier molecular flexibility index (Phi) is 4.30. The van der Waals surface area contributed by atoms with Gasteiger partial charge in [0, 0.05) is 26.1 Å². The Hall–Kier alpha value is -1.68. The molecule has 1 aromatic heterocycles. The zero-order valence-corrected chi connectivity index (χ0v) is 13.6. The lowest BCUT2D eigenvalue weighted by molar-refractivity contribution is 0.265. The van der Waals surface area contributed by atoms with E-state index < -0.39 is 0 Å². The molecule has 4 nitrogen and oxygen atoms in total. The third-order valence-corrected chi connectivity index (χ3v) is 4.89. The molecule has 22 heavy (non-hydrogen) atoms. The Balaban J connectivity index is 1.66. The van der Waals surface area contributed by atoms with E-state index in [-0.39, 0.29) is 5.56 Å². The minimum atomic E-state index is 0.0344. The molecule has 4 heteroatoms. The minimum absolute atomic E-state index is 0.0344. The molecule has 1 unspecified atom stereocenters. The maximum Gasteiger partial charge on any atom is 0.255 e. The first-order valence-electron chi connectivity index (χ1n) is 8.17. The highest BCUT2D eigenvalue weighted by Gasteiger charge is 2.22. The summed E-state index contributed by atoms with van der Waals surface area (Å²) in [6.07, 6.45) is 6.75. The van der Waals surface area contributed by atoms with Crippen LogP contribution in [0, 0.1) is 12.8 Å². The first-order chi connectivity index (χ1) is 10.5. The summed E-state index contributed by atoms with van der Waals surface area (Å²) in [7, 11) is 0. The second kappa shape index (κ2) is 6.21. The predicted molar refractivity (Wildman–Crippen MR) is 88.8 cm³/mol. The Morgan fingerprint density at radius 2 is 2.32 bits per heavy atom. The van der Waals surface area contributed by atoms with Gasteiger partial charge < -0.3 is 4.98 Å². The fourth-order valence-electron chi connectivity index (χ4n) is 3.51. The first kappa shape index (κ1) is 15.2. The maximum absolute atomic E-state index is 12.1. The molecule has 0 saturated carbocycles.